The molecule has 0 unspecified atom stereocenters. The van der Waals surface area contributed by atoms with Crippen LogP contribution in [-0.4, -0.2) is 21.8 Å². The molecule has 1 aliphatic heterocycles. The quantitative estimate of drug-likeness (QED) is 0.900. The van der Waals surface area contributed by atoms with Crippen LogP contribution in [0.15, 0.2) is 24.4 Å². The summed E-state index contributed by atoms with van der Waals surface area (Å²) in [7, 11) is 0. The van der Waals surface area contributed by atoms with Crippen LogP contribution in [0.3, 0.4) is 0 Å². The molecule has 0 bridgehead atoms. The van der Waals surface area contributed by atoms with Crippen molar-refractivity contribution in [2.45, 2.75) is 6.42 Å². The number of hydrogen-bond acceptors (Lipinski definition) is 5. The number of thiazole rings is 1. The first-order valence-electron chi connectivity index (χ1n) is 5.97. The van der Waals surface area contributed by atoms with E-state index in [4.69, 9.17) is 28.6 Å². The highest BCUT2D eigenvalue weighted by molar-refractivity contribution is 8.15. The molecule has 1 aliphatic rings. The number of anilines is 1. The zero-order chi connectivity index (χ0) is 15.0. The highest BCUT2D eigenvalue weighted by Crippen LogP contribution is 2.32. The molecule has 108 valence electrons. The summed E-state index contributed by atoms with van der Waals surface area (Å²) in [6.45, 7) is 0. The van der Waals surface area contributed by atoms with Gasteiger partial charge < -0.3 is 0 Å². The average Bonchev–Trinajstić information content (AvgIpc) is 3.01. The minimum absolute atomic E-state index is 0.105. The van der Waals surface area contributed by atoms with Gasteiger partial charge >= 0.3 is 0 Å². The number of amides is 1. The molecule has 1 aromatic heterocycles. The number of thioether (sulfide) groups is 1. The third kappa shape index (κ3) is 3.08. The van der Waals surface area contributed by atoms with E-state index in [0.29, 0.717) is 27.4 Å². The summed E-state index contributed by atoms with van der Waals surface area (Å²) in [4.78, 5) is 18.3. The molecule has 0 saturated carbocycles. The van der Waals surface area contributed by atoms with Gasteiger partial charge in [0.15, 0.2) is 10.3 Å². The van der Waals surface area contributed by atoms with E-state index in [1.807, 2.05) is 6.07 Å². The molecule has 1 amide bonds. The summed E-state index contributed by atoms with van der Waals surface area (Å²) in [5, 5.41) is 9.80. The number of nitrogens with zero attached hydrogens (tertiary/aromatic N) is 2. The van der Waals surface area contributed by atoms with Crippen LogP contribution >= 0.6 is 46.3 Å². The monoisotopic (exact) mass is 357 g/mol. The minimum atomic E-state index is -0.105. The maximum absolute atomic E-state index is 11.7. The van der Waals surface area contributed by atoms with Crippen molar-refractivity contribution in [3.8, 4) is 0 Å². The van der Waals surface area contributed by atoms with E-state index in [1.165, 1.54) is 28.0 Å². The lowest BCUT2D eigenvalue weighted by atomic mass is 10.1. The van der Waals surface area contributed by atoms with Crippen LogP contribution in [0.5, 0.6) is 0 Å². The second kappa shape index (κ2) is 5.96. The number of aromatic nitrogens is 1. The van der Waals surface area contributed by atoms with Gasteiger partial charge in [-0.2, -0.15) is 0 Å². The SMILES string of the molecule is N=C1SCC(=O)N1c1ncc(Cc2cc(Cl)ccc2Cl)s1. The van der Waals surface area contributed by atoms with Gasteiger partial charge in [0.05, 0.1) is 5.75 Å². The first kappa shape index (κ1) is 14.8. The Kier molecular flexibility index (Phi) is 4.21. The predicted molar refractivity (Wildman–Crippen MR) is 89.1 cm³/mol. The van der Waals surface area contributed by atoms with Crippen molar-refractivity contribution >= 4 is 62.5 Å². The van der Waals surface area contributed by atoms with Crippen LogP contribution in [0.2, 0.25) is 10.0 Å². The van der Waals surface area contributed by atoms with Gasteiger partial charge in [-0.25, -0.2) is 9.88 Å². The largest absolute Gasteiger partial charge is 0.278 e. The first-order valence-corrected chi connectivity index (χ1v) is 8.53. The van der Waals surface area contributed by atoms with Crippen molar-refractivity contribution in [1.82, 2.24) is 4.98 Å². The Labute approximate surface area is 139 Å². The predicted octanol–water partition coefficient (Wildman–Crippen LogP) is 4.06. The summed E-state index contributed by atoms with van der Waals surface area (Å²) in [6.07, 6.45) is 2.31. The Morgan fingerprint density at radius 1 is 1.38 bits per heavy atom. The van der Waals surface area contributed by atoms with Crippen molar-refractivity contribution in [2.24, 2.45) is 0 Å². The molecular weight excluding hydrogens is 349 g/mol. The molecular formula is C13H9Cl2N3OS2. The van der Waals surface area contributed by atoms with E-state index in [1.54, 1.807) is 18.3 Å². The number of halogens is 2. The average molecular weight is 358 g/mol. The Hall–Kier alpha value is -1.08. The van der Waals surface area contributed by atoms with Crippen molar-refractivity contribution in [1.29, 1.82) is 5.41 Å². The van der Waals surface area contributed by atoms with E-state index < -0.39 is 0 Å². The van der Waals surface area contributed by atoms with Crippen LogP contribution in [0.25, 0.3) is 0 Å². The van der Waals surface area contributed by atoms with Gasteiger partial charge in [0, 0.05) is 27.5 Å². The van der Waals surface area contributed by atoms with Crippen molar-refractivity contribution in [3.63, 3.8) is 0 Å². The number of nitrogens with one attached hydrogen (secondary N) is 1. The summed E-state index contributed by atoms with van der Waals surface area (Å²) in [6, 6.07) is 5.33. The highest BCUT2D eigenvalue weighted by Gasteiger charge is 2.30. The molecule has 0 aliphatic carbocycles. The normalized spacial score (nSPS) is 15.0. The molecule has 1 aromatic carbocycles. The van der Waals surface area contributed by atoms with Crippen LogP contribution in [-0.2, 0) is 11.2 Å². The lowest BCUT2D eigenvalue weighted by Crippen LogP contribution is -2.28. The molecule has 0 radical (unpaired) electrons. The molecule has 21 heavy (non-hydrogen) atoms. The number of carbonyl (C=O) groups excluding carboxylic acids is 1. The van der Waals surface area contributed by atoms with Crippen LogP contribution in [0, 0.1) is 5.41 Å². The first-order chi connectivity index (χ1) is 10.0. The fraction of sp³-hybridized carbons (Fsp3) is 0.154. The Morgan fingerprint density at radius 3 is 2.90 bits per heavy atom. The van der Waals surface area contributed by atoms with Gasteiger partial charge in [-0.05, 0) is 23.8 Å². The number of hydrogen-bond donors (Lipinski definition) is 1. The zero-order valence-corrected chi connectivity index (χ0v) is 13.7. The third-order valence-corrected chi connectivity index (χ3v) is 5.32. The molecule has 4 nitrogen and oxygen atoms in total. The fourth-order valence-corrected chi connectivity index (χ4v) is 4.02. The molecule has 1 saturated heterocycles. The van der Waals surface area contributed by atoms with Gasteiger partial charge in [-0.3, -0.25) is 10.2 Å². The maximum atomic E-state index is 11.7. The van der Waals surface area contributed by atoms with Gasteiger partial charge in [0.1, 0.15) is 0 Å². The Morgan fingerprint density at radius 2 is 2.19 bits per heavy atom. The van der Waals surface area contributed by atoms with Crippen molar-refractivity contribution in [3.05, 3.63) is 44.9 Å². The van der Waals surface area contributed by atoms with Gasteiger partial charge in [-0.15, -0.1) is 11.3 Å². The van der Waals surface area contributed by atoms with E-state index in [9.17, 15) is 4.79 Å². The molecule has 8 heteroatoms. The molecule has 3 rings (SSSR count). The zero-order valence-electron chi connectivity index (χ0n) is 10.6. The van der Waals surface area contributed by atoms with Gasteiger partial charge in [0.25, 0.3) is 0 Å². The molecule has 0 atom stereocenters. The second-order valence-electron chi connectivity index (χ2n) is 4.34. The van der Waals surface area contributed by atoms with E-state index in [0.717, 1.165) is 10.4 Å². The fourth-order valence-electron chi connectivity index (χ4n) is 1.91. The number of benzene rings is 1. The molecule has 1 N–H and O–H groups in total. The molecule has 2 aromatic rings. The molecule has 2 heterocycles. The number of amidine groups is 1. The summed E-state index contributed by atoms with van der Waals surface area (Å²) < 4.78 is 0. The number of carbonyl (C=O) groups is 1. The number of rotatable bonds is 3. The van der Waals surface area contributed by atoms with Crippen LogP contribution in [0.1, 0.15) is 10.4 Å². The maximum Gasteiger partial charge on any atom is 0.245 e. The lowest BCUT2D eigenvalue weighted by molar-refractivity contribution is -0.115. The smallest absolute Gasteiger partial charge is 0.245 e. The van der Waals surface area contributed by atoms with E-state index in [2.05, 4.69) is 4.98 Å². The van der Waals surface area contributed by atoms with Crippen LogP contribution < -0.4 is 4.90 Å². The summed E-state index contributed by atoms with van der Waals surface area (Å²) in [5.74, 6) is 0.195. The lowest BCUT2D eigenvalue weighted by Gasteiger charge is -2.09. The summed E-state index contributed by atoms with van der Waals surface area (Å²) in [5.41, 5.74) is 0.913. The molecule has 0 spiro atoms. The van der Waals surface area contributed by atoms with Crippen molar-refractivity contribution < 1.29 is 4.79 Å². The second-order valence-corrected chi connectivity index (χ2v) is 7.25. The van der Waals surface area contributed by atoms with Crippen molar-refractivity contribution in [2.75, 3.05) is 10.7 Å². The van der Waals surface area contributed by atoms with Gasteiger partial charge in [-0.1, -0.05) is 35.0 Å². The Bertz CT molecular complexity index is 716. The standard InChI is InChI=1S/C13H9Cl2N3OS2/c14-8-1-2-10(15)7(3-8)4-9-5-17-13(21-9)18-11(19)6-20-12(18)16/h1-3,5,16H,4,6H2. The highest BCUT2D eigenvalue weighted by atomic mass is 35.5. The summed E-state index contributed by atoms with van der Waals surface area (Å²) >= 11 is 14.7. The minimum Gasteiger partial charge on any atom is -0.278 e. The van der Waals surface area contributed by atoms with E-state index >= 15 is 0 Å². The van der Waals surface area contributed by atoms with E-state index in [-0.39, 0.29) is 11.1 Å². The van der Waals surface area contributed by atoms with Gasteiger partial charge in [0.2, 0.25) is 5.91 Å². The topological polar surface area (TPSA) is 57.1 Å². The molecule has 1 fully saturated rings. The Balaban J connectivity index is 1.84. The van der Waals surface area contributed by atoms with Crippen LogP contribution in [0.4, 0.5) is 5.13 Å². The third-order valence-electron chi connectivity index (χ3n) is 2.89.